The second-order valence-corrected chi connectivity index (χ2v) is 2.74. The summed E-state index contributed by atoms with van der Waals surface area (Å²) in [5, 5.41) is 0. The minimum absolute atomic E-state index is 0.363. The zero-order valence-corrected chi connectivity index (χ0v) is 5.01. The van der Waals surface area contributed by atoms with Gasteiger partial charge in [-0.05, 0) is 0 Å². The van der Waals surface area contributed by atoms with Gasteiger partial charge in [0.25, 0.3) is 0 Å². The van der Waals surface area contributed by atoms with Gasteiger partial charge in [0.1, 0.15) is 0 Å². The highest BCUT2D eigenvalue weighted by molar-refractivity contribution is 7.57. The van der Waals surface area contributed by atoms with Crippen molar-refractivity contribution in [3.63, 3.8) is 0 Å². The van der Waals surface area contributed by atoms with Crippen LogP contribution >= 0.6 is 7.59 Å². The van der Waals surface area contributed by atoms with Crippen LogP contribution in [-0.2, 0) is 4.57 Å². The van der Waals surface area contributed by atoms with Crippen molar-refractivity contribution in [2.24, 2.45) is 27.2 Å². The molecular formula is CH8N5OP. The van der Waals surface area contributed by atoms with Crippen LogP contribution < -0.4 is 22.5 Å². The Bertz CT molecular complexity index is 141. The van der Waals surface area contributed by atoms with Crippen LogP contribution in [0.4, 0.5) is 0 Å². The minimum Gasteiger partial charge on any atom is -0.370 e. The molecule has 0 aromatic carbocycles. The minimum atomic E-state index is -3.38. The maximum Gasteiger partial charge on any atom is 0.321 e. The molecule has 8 heavy (non-hydrogen) atoms. The molecule has 48 valence electrons. The fourth-order valence-corrected chi connectivity index (χ4v) is 0.541. The number of hydrogen-bond donors (Lipinski definition) is 4. The third-order valence-electron chi connectivity index (χ3n) is 0.272. The average molecular weight is 137 g/mol. The summed E-state index contributed by atoms with van der Waals surface area (Å²) in [5.41, 5.74) is 19.0. The van der Waals surface area contributed by atoms with Crippen molar-refractivity contribution in [3.05, 3.63) is 0 Å². The summed E-state index contributed by atoms with van der Waals surface area (Å²) in [4.78, 5) is 0. The van der Waals surface area contributed by atoms with Crippen molar-refractivity contribution in [3.8, 4) is 0 Å². The van der Waals surface area contributed by atoms with Crippen LogP contribution in [0.2, 0.25) is 0 Å². The predicted octanol–water partition coefficient (Wildman–Crippen LogP) is -1.71. The van der Waals surface area contributed by atoms with E-state index in [1.807, 2.05) is 0 Å². The van der Waals surface area contributed by atoms with E-state index in [2.05, 4.69) is 4.76 Å². The van der Waals surface area contributed by atoms with Crippen molar-refractivity contribution in [2.45, 2.75) is 0 Å². The van der Waals surface area contributed by atoms with Gasteiger partial charge in [0.2, 0.25) is 0 Å². The molecule has 0 fully saturated rings. The van der Waals surface area contributed by atoms with Crippen molar-refractivity contribution in [1.29, 1.82) is 0 Å². The van der Waals surface area contributed by atoms with Crippen LogP contribution in [-0.4, -0.2) is 5.96 Å². The topological polar surface area (TPSA) is 134 Å². The number of hydrogen-bond acceptors (Lipinski definition) is 1. The number of guanidine groups is 1. The van der Waals surface area contributed by atoms with Crippen LogP contribution in [0, 0.1) is 0 Å². The normalized spacial score (nSPS) is 10.8. The van der Waals surface area contributed by atoms with E-state index in [0.29, 0.717) is 0 Å². The maximum atomic E-state index is 10.2. The summed E-state index contributed by atoms with van der Waals surface area (Å²) in [6.07, 6.45) is 0. The van der Waals surface area contributed by atoms with Gasteiger partial charge in [0, 0.05) is 0 Å². The zero-order valence-electron chi connectivity index (χ0n) is 4.11. The molecule has 0 atom stereocenters. The molecule has 0 aliphatic heterocycles. The third kappa shape index (κ3) is 5.42. The van der Waals surface area contributed by atoms with Crippen molar-refractivity contribution in [2.75, 3.05) is 0 Å². The monoisotopic (exact) mass is 137 g/mol. The molecule has 0 saturated heterocycles. The summed E-state index contributed by atoms with van der Waals surface area (Å²) < 4.78 is 13.2. The molecule has 7 heteroatoms. The molecule has 0 radical (unpaired) electrons. The zero-order chi connectivity index (χ0) is 6.78. The van der Waals surface area contributed by atoms with E-state index in [4.69, 9.17) is 22.5 Å². The second-order valence-electron chi connectivity index (χ2n) is 1.20. The standard InChI is InChI=1S/CH8N5OP/c2-1(3)6-8(4,5)7/h(H8,2,3,4,5,6,7). The Kier molecular flexibility index (Phi) is 1.97. The van der Waals surface area contributed by atoms with E-state index in [1.54, 1.807) is 0 Å². The molecule has 6 nitrogen and oxygen atoms in total. The Morgan fingerprint density at radius 1 is 1.38 bits per heavy atom. The second kappa shape index (κ2) is 2.13. The van der Waals surface area contributed by atoms with E-state index in [-0.39, 0.29) is 5.96 Å². The lowest BCUT2D eigenvalue weighted by atomic mass is 11.1. The summed E-state index contributed by atoms with van der Waals surface area (Å²) in [6.45, 7) is 0. The van der Waals surface area contributed by atoms with Crippen LogP contribution in [0.5, 0.6) is 0 Å². The lowest BCUT2D eigenvalue weighted by Crippen LogP contribution is -2.23. The molecule has 0 unspecified atom stereocenters. The first kappa shape index (κ1) is 7.42. The van der Waals surface area contributed by atoms with Gasteiger partial charge in [-0.25, -0.2) is 0 Å². The van der Waals surface area contributed by atoms with Gasteiger partial charge in [0.15, 0.2) is 5.96 Å². The van der Waals surface area contributed by atoms with Gasteiger partial charge in [-0.3, -0.25) is 15.6 Å². The molecule has 0 spiro atoms. The van der Waals surface area contributed by atoms with Gasteiger partial charge < -0.3 is 11.5 Å². The van der Waals surface area contributed by atoms with Gasteiger partial charge >= 0.3 is 7.59 Å². The van der Waals surface area contributed by atoms with Crippen molar-refractivity contribution in [1.82, 2.24) is 0 Å². The van der Waals surface area contributed by atoms with E-state index in [1.165, 1.54) is 0 Å². The SMILES string of the molecule is NC(N)=NP(N)(N)=O. The van der Waals surface area contributed by atoms with Crippen LogP contribution in [0.15, 0.2) is 4.76 Å². The molecule has 0 amide bonds. The fraction of sp³-hybridized carbons (Fsp3) is 0. The summed E-state index contributed by atoms with van der Waals surface area (Å²) in [7, 11) is -3.38. The van der Waals surface area contributed by atoms with Gasteiger partial charge in [-0.1, -0.05) is 0 Å². The van der Waals surface area contributed by atoms with Gasteiger partial charge in [-0.15, -0.1) is 0 Å². The summed E-state index contributed by atoms with van der Waals surface area (Å²) in [6, 6.07) is 0. The molecule has 0 bridgehead atoms. The van der Waals surface area contributed by atoms with E-state index < -0.39 is 7.59 Å². The quantitative estimate of drug-likeness (QED) is 0.194. The summed E-state index contributed by atoms with van der Waals surface area (Å²) >= 11 is 0. The smallest absolute Gasteiger partial charge is 0.321 e. The first-order valence-corrected chi connectivity index (χ1v) is 3.50. The highest BCUT2D eigenvalue weighted by atomic mass is 31.2. The molecule has 0 rings (SSSR count). The largest absolute Gasteiger partial charge is 0.370 e. The van der Waals surface area contributed by atoms with E-state index in [0.717, 1.165) is 0 Å². The van der Waals surface area contributed by atoms with E-state index >= 15 is 0 Å². The molecule has 0 heterocycles. The molecule has 0 aromatic rings. The van der Waals surface area contributed by atoms with Gasteiger partial charge in [0.05, 0.1) is 0 Å². The molecule has 0 saturated carbocycles. The molecule has 0 aliphatic rings. The fourth-order valence-electron chi connectivity index (χ4n) is 0.180. The van der Waals surface area contributed by atoms with Gasteiger partial charge in [-0.2, -0.15) is 4.76 Å². The van der Waals surface area contributed by atoms with Crippen LogP contribution in [0.1, 0.15) is 0 Å². The number of nitrogens with zero attached hydrogens (tertiary/aromatic N) is 1. The number of nitrogens with two attached hydrogens (primary N) is 4. The lowest BCUT2D eigenvalue weighted by molar-refractivity contribution is 0.578. The average Bonchev–Trinajstić information content (AvgIpc) is 1.21. The lowest BCUT2D eigenvalue weighted by Gasteiger charge is -1.96. The maximum absolute atomic E-state index is 10.2. The number of rotatable bonds is 1. The molecule has 0 aliphatic carbocycles. The Morgan fingerprint density at radius 3 is 1.75 bits per heavy atom. The van der Waals surface area contributed by atoms with Crippen molar-refractivity contribution >= 4 is 13.6 Å². The molecule has 0 aromatic heterocycles. The van der Waals surface area contributed by atoms with Crippen LogP contribution in [0.25, 0.3) is 0 Å². The first-order valence-electron chi connectivity index (χ1n) is 1.70. The molecular weight excluding hydrogens is 129 g/mol. The highest BCUT2D eigenvalue weighted by Gasteiger charge is 2.02. The first-order chi connectivity index (χ1) is 3.42. The Morgan fingerprint density at radius 2 is 1.75 bits per heavy atom. The highest BCUT2D eigenvalue weighted by Crippen LogP contribution is 2.24. The predicted molar refractivity (Wildman–Crippen MR) is 31.8 cm³/mol. The Hall–Kier alpha value is -0.580. The van der Waals surface area contributed by atoms with Crippen LogP contribution in [0.3, 0.4) is 0 Å². The summed E-state index contributed by atoms with van der Waals surface area (Å²) in [5.74, 6) is -0.363. The molecule has 8 N–H and O–H groups in total. The Labute approximate surface area is 46.5 Å². The van der Waals surface area contributed by atoms with E-state index in [9.17, 15) is 4.57 Å². The third-order valence-corrected chi connectivity index (χ3v) is 0.815. The Balaban J connectivity index is 4.11. The van der Waals surface area contributed by atoms with Crippen molar-refractivity contribution < 1.29 is 4.57 Å².